The molecule has 126 valence electrons. The molecule has 3 rings (SSSR count). The van der Waals surface area contributed by atoms with Gasteiger partial charge in [0, 0.05) is 33.6 Å². The molecule has 0 radical (unpaired) electrons. The lowest BCUT2D eigenvalue weighted by Gasteiger charge is -2.04. The first-order valence-corrected chi connectivity index (χ1v) is 8.07. The van der Waals surface area contributed by atoms with E-state index >= 15 is 0 Å². The average Bonchev–Trinajstić information content (AvgIpc) is 2.53. The highest BCUT2D eigenvalue weighted by atomic mass is 35.5. The Morgan fingerprint density at radius 3 is 2.68 bits per heavy atom. The first-order valence-electron chi connectivity index (χ1n) is 7.32. The standard InChI is InChI=1S/C19H12Cl2O4/c1-11-8-19(23)25-17-10-14(5-6-15(11)17)24-18(22)7-3-12-2-4-13(20)9-16(12)21/h2-10H,1H3/b7-3+. The zero-order valence-corrected chi connectivity index (χ0v) is 14.6. The molecule has 1 aromatic heterocycles. The van der Waals surface area contributed by atoms with Gasteiger partial charge in [-0.2, -0.15) is 0 Å². The summed E-state index contributed by atoms with van der Waals surface area (Å²) in [5.74, 6) is -0.307. The molecule has 0 bridgehead atoms. The maximum absolute atomic E-state index is 12.0. The molecular formula is C19H12Cl2O4. The fourth-order valence-electron chi connectivity index (χ4n) is 2.31. The van der Waals surface area contributed by atoms with E-state index in [1.807, 2.05) is 6.92 Å². The number of halogens is 2. The van der Waals surface area contributed by atoms with Crippen molar-refractivity contribution in [1.82, 2.24) is 0 Å². The van der Waals surface area contributed by atoms with Gasteiger partial charge in [0.2, 0.25) is 0 Å². The summed E-state index contributed by atoms with van der Waals surface area (Å²) in [6.07, 6.45) is 2.79. The SMILES string of the molecule is Cc1cc(=O)oc2cc(OC(=O)/C=C/c3ccc(Cl)cc3Cl)ccc12. The van der Waals surface area contributed by atoms with E-state index in [4.69, 9.17) is 32.4 Å². The van der Waals surface area contributed by atoms with Crippen molar-refractivity contribution >= 4 is 46.2 Å². The van der Waals surface area contributed by atoms with Crippen molar-refractivity contribution in [2.75, 3.05) is 0 Å². The largest absolute Gasteiger partial charge is 0.423 e. The second kappa shape index (κ2) is 7.13. The molecule has 0 aliphatic carbocycles. The molecule has 2 aromatic carbocycles. The lowest BCUT2D eigenvalue weighted by molar-refractivity contribution is -0.128. The number of fused-ring (bicyclic) bond motifs is 1. The Morgan fingerprint density at radius 1 is 1.12 bits per heavy atom. The molecule has 0 fully saturated rings. The van der Waals surface area contributed by atoms with Crippen molar-refractivity contribution in [3.05, 3.63) is 80.1 Å². The number of hydrogen-bond acceptors (Lipinski definition) is 4. The Bertz CT molecular complexity index is 1050. The summed E-state index contributed by atoms with van der Waals surface area (Å²) >= 11 is 11.9. The quantitative estimate of drug-likeness (QED) is 0.279. The van der Waals surface area contributed by atoms with Gasteiger partial charge in [-0.25, -0.2) is 9.59 Å². The lowest BCUT2D eigenvalue weighted by atomic mass is 10.1. The number of rotatable bonds is 3. The maximum Gasteiger partial charge on any atom is 0.336 e. The van der Waals surface area contributed by atoms with Crippen LogP contribution >= 0.6 is 23.2 Å². The highest BCUT2D eigenvalue weighted by Gasteiger charge is 2.07. The maximum atomic E-state index is 12.0. The summed E-state index contributed by atoms with van der Waals surface area (Å²) < 4.78 is 10.4. The van der Waals surface area contributed by atoms with Gasteiger partial charge in [-0.1, -0.05) is 29.3 Å². The molecule has 6 heteroatoms. The van der Waals surface area contributed by atoms with Crippen LogP contribution in [0.4, 0.5) is 0 Å². The van der Waals surface area contributed by atoms with Crippen molar-refractivity contribution in [2.24, 2.45) is 0 Å². The van der Waals surface area contributed by atoms with Gasteiger partial charge < -0.3 is 9.15 Å². The molecule has 4 nitrogen and oxygen atoms in total. The van der Waals surface area contributed by atoms with E-state index in [-0.39, 0.29) is 5.75 Å². The van der Waals surface area contributed by atoms with E-state index < -0.39 is 11.6 Å². The number of hydrogen-bond donors (Lipinski definition) is 0. The predicted molar refractivity (Wildman–Crippen MR) is 98.4 cm³/mol. The molecule has 1 heterocycles. The molecule has 3 aromatic rings. The van der Waals surface area contributed by atoms with E-state index in [0.717, 1.165) is 10.9 Å². The average molecular weight is 375 g/mol. The normalized spacial score (nSPS) is 11.2. The van der Waals surface area contributed by atoms with Gasteiger partial charge in [-0.15, -0.1) is 0 Å². The number of carbonyl (C=O) groups is 1. The second-order valence-electron chi connectivity index (χ2n) is 5.33. The minimum Gasteiger partial charge on any atom is -0.423 e. The van der Waals surface area contributed by atoms with E-state index in [2.05, 4.69) is 0 Å². The minimum atomic E-state index is -0.583. The van der Waals surface area contributed by atoms with Crippen molar-refractivity contribution in [3.63, 3.8) is 0 Å². The van der Waals surface area contributed by atoms with Crippen LogP contribution in [0.3, 0.4) is 0 Å². The van der Waals surface area contributed by atoms with Crippen LogP contribution in [-0.4, -0.2) is 5.97 Å². The molecule has 0 N–H and O–H groups in total. The van der Waals surface area contributed by atoms with Crippen LogP contribution < -0.4 is 10.4 Å². The van der Waals surface area contributed by atoms with E-state index in [1.54, 1.807) is 30.3 Å². The van der Waals surface area contributed by atoms with Gasteiger partial charge in [-0.3, -0.25) is 0 Å². The molecule has 0 atom stereocenters. The molecule has 0 aliphatic heterocycles. The Kier molecular flexibility index (Phi) is 4.93. The topological polar surface area (TPSA) is 56.5 Å². The fourth-order valence-corrected chi connectivity index (χ4v) is 2.78. The highest BCUT2D eigenvalue weighted by molar-refractivity contribution is 6.35. The van der Waals surface area contributed by atoms with Crippen molar-refractivity contribution in [3.8, 4) is 5.75 Å². The van der Waals surface area contributed by atoms with Gasteiger partial charge in [0.05, 0.1) is 0 Å². The number of esters is 1. The molecule has 25 heavy (non-hydrogen) atoms. The van der Waals surface area contributed by atoms with Crippen LogP contribution in [0.15, 0.2) is 57.8 Å². The molecule has 0 spiro atoms. The third-order valence-electron chi connectivity index (χ3n) is 3.50. The van der Waals surface area contributed by atoms with Gasteiger partial charge in [0.15, 0.2) is 0 Å². The molecule has 0 amide bonds. The van der Waals surface area contributed by atoms with E-state index in [0.29, 0.717) is 21.2 Å². The summed E-state index contributed by atoms with van der Waals surface area (Å²) in [7, 11) is 0. The fraction of sp³-hybridized carbons (Fsp3) is 0.0526. The minimum absolute atomic E-state index is 0.276. The first kappa shape index (κ1) is 17.3. The first-order chi connectivity index (χ1) is 11.9. The molecule has 0 saturated heterocycles. The van der Waals surface area contributed by atoms with Crippen LogP contribution in [0.2, 0.25) is 10.0 Å². The summed E-state index contributed by atoms with van der Waals surface area (Å²) in [6.45, 7) is 1.81. The summed E-state index contributed by atoms with van der Waals surface area (Å²) in [6, 6.07) is 11.2. The number of carbonyl (C=O) groups excluding carboxylic acids is 1. The second-order valence-corrected chi connectivity index (χ2v) is 6.17. The number of ether oxygens (including phenoxy) is 1. The molecule has 0 aliphatic rings. The Balaban J connectivity index is 1.79. The van der Waals surface area contributed by atoms with Gasteiger partial charge >= 0.3 is 11.6 Å². The zero-order valence-electron chi connectivity index (χ0n) is 13.1. The predicted octanol–water partition coefficient (Wildman–Crippen LogP) is 5.03. The van der Waals surface area contributed by atoms with Gasteiger partial charge in [-0.05, 0) is 48.4 Å². The lowest BCUT2D eigenvalue weighted by Crippen LogP contribution is -2.04. The van der Waals surface area contributed by atoms with Crippen molar-refractivity contribution in [2.45, 2.75) is 6.92 Å². The van der Waals surface area contributed by atoms with Crippen LogP contribution in [0.5, 0.6) is 5.75 Å². The Hall–Kier alpha value is -2.56. The third kappa shape index (κ3) is 4.10. The van der Waals surface area contributed by atoms with E-state index in [1.165, 1.54) is 24.3 Å². The summed E-state index contributed by atoms with van der Waals surface area (Å²) in [4.78, 5) is 23.4. The summed E-state index contributed by atoms with van der Waals surface area (Å²) in [5.41, 5.74) is 1.34. The Labute approximate surface area is 153 Å². The van der Waals surface area contributed by atoms with Crippen molar-refractivity contribution < 1.29 is 13.9 Å². The van der Waals surface area contributed by atoms with Crippen LogP contribution in [-0.2, 0) is 4.79 Å². The highest BCUT2D eigenvalue weighted by Crippen LogP contribution is 2.24. The summed E-state index contributed by atoms with van der Waals surface area (Å²) in [5, 5.41) is 1.72. The monoisotopic (exact) mass is 374 g/mol. The number of aryl methyl sites for hydroxylation is 1. The van der Waals surface area contributed by atoms with Gasteiger partial charge in [0.25, 0.3) is 0 Å². The van der Waals surface area contributed by atoms with Gasteiger partial charge in [0.1, 0.15) is 11.3 Å². The van der Waals surface area contributed by atoms with Crippen LogP contribution in [0.1, 0.15) is 11.1 Å². The number of benzene rings is 2. The molecule has 0 unspecified atom stereocenters. The zero-order chi connectivity index (χ0) is 18.0. The third-order valence-corrected chi connectivity index (χ3v) is 4.07. The molecular weight excluding hydrogens is 363 g/mol. The Morgan fingerprint density at radius 2 is 1.92 bits per heavy atom. The smallest absolute Gasteiger partial charge is 0.336 e. The van der Waals surface area contributed by atoms with Crippen LogP contribution in [0.25, 0.3) is 17.0 Å². The van der Waals surface area contributed by atoms with Crippen molar-refractivity contribution in [1.29, 1.82) is 0 Å². The molecule has 0 saturated carbocycles. The van der Waals surface area contributed by atoms with E-state index in [9.17, 15) is 9.59 Å². The van der Waals surface area contributed by atoms with Crippen LogP contribution in [0, 0.1) is 6.92 Å².